The Labute approximate surface area is 136 Å². The molecule has 4 nitrogen and oxygen atoms in total. The summed E-state index contributed by atoms with van der Waals surface area (Å²) >= 11 is 0. The highest BCUT2D eigenvalue weighted by molar-refractivity contribution is 5.78. The van der Waals surface area contributed by atoms with Crippen LogP contribution < -0.4 is 10.9 Å². The third-order valence-electron chi connectivity index (χ3n) is 4.47. The lowest BCUT2D eigenvalue weighted by Crippen LogP contribution is -2.28. The Morgan fingerprint density at radius 2 is 1.74 bits per heavy atom. The van der Waals surface area contributed by atoms with Crippen molar-refractivity contribution in [2.24, 2.45) is 5.92 Å². The SMILES string of the molecule is O=C(NCc1ccc(Cn2ccccc2=O)cc1)C1CCCC1. The Hall–Kier alpha value is -2.36. The van der Waals surface area contributed by atoms with Crippen molar-refractivity contribution in [2.45, 2.75) is 38.8 Å². The van der Waals surface area contributed by atoms with E-state index in [-0.39, 0.29) is 17.4 Å². The first-order chi connectivity index (χ1) is 11.2. The fourth-order valence-electron chi connectivity index (χ4n) is 3.07. The van der Waals surface area contributed by atoms with Gasteiger partial charge < -0.3 is 9.88 Å². The fraction of sp³-hybridized carbons (Fsp3) is 0.368. The minimum atomic E-state index is 0.000374. The standard InChI is InChI=1S/C19H22N2O2/c22-18-7-3-4-12-21(18)14-16-10-8-15(9-11-16)13-20-19(23)17-5-1-2-6-17/h3-4,7-12,17H,1-2,5-6,13-14H2,(H,20,23). The van der Waals surface area contributed by atoms with Gasteiger partial charge in [0.15, 0.2) is 0 Å². The van der Waals surface area contributed by atoms with Gasteiger partial charge in [-0.05, 0) is 30.0 Å². The summed E-state index contributed by atoms with van der Waals surface area (Å²) in [5.74, 6) is 0.390. The number of hydrogen-bond donors (Lipinski definition) is 1. The molecule has 0 radical (unpaired) electrons. The van der Waals surface area contributed by atoms with Crippen LogP contribution in [0.1, 0.15) is 36.8 Å². The summed E-state index contributed by atoms with van der Waals surface area (Å²) in [6.45, 7) is 1.13. The van der Waals surface area contributed by atoms with Gasteiger partial charge in [0, 0.05) is 24.7 Å². The Balaban J connectivity index is 1.55. The molecule has 120 valence electrons. The number of benzene rings is 1. The molecule has 0 aliphatic heterocycles. The van der Waals surface area contributed by atoms with Crippen molar-refractivity contribution in [1.29, 1.82) is 0 Å². The van der Waals surface area contributed by atoms with Crippen LogP contribution in [0.4, 0.5) is 0 Å². The van der Waals surface area contributed by atoms with E-state index in [1.165, 1.54) is 12.8 Å². The largest absolute Gasteiger partial charge is 0.352 e. The van der Waals surface area contributed by atoms with E-state index in [1.807, 2.05) is 30.3 Å². The molecule has 1 amide bonds. The summed E-state index contributed by atoms with van der Waals surface area (Å²) < 4.78 is 1.68. The van der Waals surface area contributed by atoms with Crippen LogP contribution in [0.25, 0.3) is 0 Å². The van der Waals surface area contributed by atoms with Crippen molar-refractivity contribution in [1.82, 2.24) is 9.88 Å². The van der Waals surface area contributed by atoms with Gasteiger partial charge in [0.05, 0.1) is 6.54 Å². The lowest BCUT2D eigenvalue weighted by molar-refractivity contribution is -0.124. The van der Waals surface area contributed by atoms with Crippen LogP contribution in [-0.4, -0.2) is 10.5 Å². The molecule has 4 heteroatoms. The quantitative estimate of drug-likeness (QED) is 0.923. The van der Waals surface area contributed by atoms with E-state index >= 15 is 0 Å². The molecule has 0 saturated heterocycles. The van der Waals surface area contributed by atoms with Crippen LogP contribution in [0.5, 0.6) is 0 Å². The van der Waals surface area contributed by atoms with Crippen molar-refractivity contribution < 1.29 is 4.79 Å². The van der Waals surface area contributed by atoms with E-state index in [2.05, 4.69) is 5.32 Å². The average Bonchev–Trinajstić information content (AvgIpc) is 3.11. The molecule has 1 fully saturated rings. The van der Waals surface area contributed by atoms with Gasteiger partial charge in [-0.2, -0.15) is 0 Å². The van der Waals surface area contributed by atoms with Crippen LogP contribution in [0.15, 0.2) is 53.5 Å². The molecule has 0 atom stereocenters. The molecule has 1 saturated carbocycles. The highest BCUT2D eigenvalue weighted by Gasteiger charge is 2.21. The molecule has 0 spiro atoms. The average molecular weight is 310 g/mol. The normalized spacial score (nSPS) is 14.8. The summed E-state index contributed by atoms with van der Waals surface area (Å²) in [5, 5.41) is 3.03. The molecule has 0 bridgehead atoms. The minimum absolute atomic E-state index is 0.000374. The maximum absolute atomic E-state index is 12.0. The first kappa shape index (κ1) is 15.5. The predicted molar refractivity (Wildman–Crippen MR) is 90.1 cm³/mol. The number of amides is 1. The van der Waals surface area contributed by atoms with Crippen molar-refractivity contribution in [2.75, 3.05) is 0 Å². The first-order valence-corrected chi connectivity index (χ1v) is 8.23. The fourth-order valence-corrected chi connectivity index (χ4v) is 3.07. The van der Waals surface area contributed by atoms with Crippen LogP contribution in [-0.2, 0) is 17.9 Å². The van der Waals surface area contributed by atoms with Gasteiger partial charge in [-0.15, -0.1) is 0 Å². The van der Waals surface area contributed by atoms with E-state index in [0.29, 0.717) is 13.1 Å². The molecule has 3 rings (SSSR count). The van der Waals surface area contributed by atoms with Gasteiger partial charge in [-0.25, -0.2) is 0 Å². The van der Waals surface area contributed by atoms with E-state index in [1.54, 1.807) is 22.9 Å². The minimum Gasteiger partial charge on any atom is -0.352 e. The molecule has 0 unspecified atom stereocenters. The molecule has 1 N–H and O–H groups in total. The predicted octanol–water partition coefficient (Wildman–Crippen LogP) is 2.70. The van der Waals surface area contributed by atoms with Crippen molar-refractivity contribution >= 4 is 5.91 Å². The number of nitrogens with zero attached hydrogens (tertiary/aromatic N) is 1. The second-order valence-corrected chi connectivity index (χ2v) is 6.18. The van der Waals surface area contributed by atoms with E-state index in [4.69, 9.17) is 0 Å². The summed E-state index contributed by atoms with van der Waals surface area (Å²) in [4.78, 5) is 23.7. The number of hydrogen-bond acceptors (Lipinski definition) is 2. The van der Waals surface area contributed by atoms with Gasteiger partial charge in [-0.1, -0.05) is 43.2 Å². The zero-order chi connectivity index (χ0) is 16.1. The first-order valence-electron chi connectivity index (χ1n) is 8.23. The summed E-state index contributed by atoms with van der Waals surface area (Å²) in [6.07, 6.45) is 6.18. The Bertz CT molecular complexity index is 713. The number of aromatic nitrogens is 1. The Morgan fingerprint density at radius 3 is 2.43 bits per heavy atom. The summed E-state index contributed by atoms with van der Waals surface area (Å²) in [5.41, 5.74) is 2.16. The van der Waals surface area contributed by atoms with Crippen LogP contribution in [0, 0.1) is 5.92 Å². The van der Waals surface area contributed by atoms with E-state index < -0.39 is 0 Å². The second-order valence-electron chi connectivity index (χ2n) is 6.18. The third kappa shape index (κ3) is 4.09. The number of nitrogens with one attached hydrogen (secondary N) is 1. The zero-order valence-corrected chi connectivity index (χ0v) is 13.2. The number of rotatable bonds is 5. The van der Waals surface area contributed by atoms with Gasteiger partial charge >= 0.3 is 0 Å². The van der Waals surface area contributed by atoms with E-state index in [0.717, 1.165) is 24.0 Å². The van der Waals surface area contributed by atoms with Crippen molar-refractivity contribution in [3.05, 3.63) is 70.1 Å². The monoisotopic (exact) mass is 310 g/mol. The smallest absolute Gasteiger partial charge is 0.250 e. The van der Waals surface area contributed by atoms with Gasteiger partial charge in [0.2, 0.25) is 5.91 Å². The van der Waals surface area contributed by atoms with Crippen LogP contribution >= 0.6 is 0 Å². The molecule has 2 aromatic rings. The van der Waals surface area contributed by atoms with Gasteiger partial charge in [0.25, 0.3) is 5.56 Å². The maximum Gasteiger partial charge on any atom is 0.250 e. The third-order valence-corrected chi connectivity index (χ3v) is 4.47. The Kier molecular flexibility index (Phi) is 4.91. The van der Waals surface area contributed by atoms with Crippen LogP contribution in [0.3, 0.4) is 0 Å². The van der Waals surface area contributed by atoms with Crippen molar-refractivity contribution in [3.8, 4) is 0 Å². The van der Waals surface area contributed by atoms with E-state index in [9.17, 15) is 9.59 Å². The molecule has 1 aliphatic rings. The lowest BCUT2D eigenvalue weighted by atomic mass is 10.1. The zero-order valence-electron chi connectivity index (χ0n) is 13.2. The highest BCUT2D eigenvalue weighted by Crippen LogP contribution is 2.24. The van der Waals surface area contributed by atoms with Gasteiger partial charge in [0.1, 0.15) is 0 Å². The highest BCUT2D eigenvalue weighted by atomic mass is 16.2. The van der Waals surface area contributed by atoms with Gasteiger partial charge in [-0.3, -0.25) is 9.59 Å². The number of pyridine rings is 1. The number of carbonyl (C=O) groups excluding carboxylic acids is 1. The molecule has 1 aromatic carbocycles. The molecule has 23 heavy (non-hydrogen) atoms. The topological polar surface area (TPSA) is 51.1 Å². The summed E-state index contributed by atoms with van der Waals surface area (Å²) in [7, 11) is 0. The molecular weight excluding hydrogens is 288 g/mol. The molecular formula is C19H22N2O2. The molecule has 1 heterocycles. The van der Waals surface area contributed by atoms with Crippen molar-refractivity contribution in [3.63, 3.8) is 0 Å². The summed E-state index contributed by atoms with van der Waals surface area (Å²) in [6, 6.07) is 13.2. The molecule has 1 aliphatic carbocycles. The molecule has 1 aromatic heterocycles. The van der Waals surface area contributed by atoms with Crippen LogP contribution in [0.2, 0.25) is 0 Å². The Morgan fingerprint density at radius 1 is 1.04 bits per heavy atom. The maximum atomic E-state index is 12.0. The second kappa shape index (κ2) is 7.27. The number of carbonyl (C=O) groups is 1. The lowest BCUT2D eigenvalue weighted by Gasteiger charge is -2.11.